The van der Waals surface area contributed by atoms with E-state index in [1.165, 1.54) is 0 Å². The van der Waals surface area contributed by atoms with Crippen LogP contribution in [-0.2, 0) is 0 Å². The zero-order valence-corrected chi connectivity index (χ0v) is 12.7. The second-order valence-corrected chi connectivity index (χ2v) is 6.44. The molecule has 2 heterocycles. The van der Waals surface area contributed by atoms with Crippen LogP contribution in [0.1, 0.15) is 41.9 Å². The van der Waals surface area contributed by atoms with Crippen molar-refractivity contribution in [3.63, 3.8) is 0 Å². The fourth-order valence-electron chi connectivity index (χ4n) is 3.59. The summed E-state index contributed by atoms with van der Waals surface area (Å²) in [5.74, 6) is -8.27. The molecule has 138 valence electrons. The Morgan fingerprint density at radius 1 is 1.24 bits per heavy atom. The molecule has 1 aromatic heterocycles. The standard InChI is InChI=1S/C15H14F6N2O2/c16-10(17)8-2-1-3-9(22-8)11(24)23-7-15(20,21)12(25)13(23)4-5-14(18,19)6-13/h1-3,10,12,25H,4-7H2/t12-,13-/m1/s1. The number of likely N-dealkylation sites (tertiary alicyclic amines) is 1. The topological polar surface area (TPSA) is 53.4 Å². The van der Waals surface area contributed by atoms with Crippen molar-refractivity contribution in [3.05, 3.63) is 29.6 Å². The van der Waals surface area contributed by atoms with Gasteiger partial charge in [0.2, 0.25) is 0 Å². The Morgan fingerprint density at radius 3 is 2.48 bits per heavy atom. The van der Waals surface area contributed by atoms with Gasteiger partial charge in [-0.25, -0.2) is 31.3 Å². The van der Waals surface area contributed by atoms with E-state index in [1.54, 1.807) is 0 Å². The van der Waals surface area contributed by atoms with Gasteiger partial charge >= 0.3 is 0 Å². The molecule has 10 heteroatoms. The van der Waals surface area contributed by atoms with Crippen LogP contribution in [0, 0.1) is 0 Å². The molecule has 0 radical (unpaired) electrons. The average Bonchev–Trinajstić information content (AvgIpc) is 2.96. The quantitative estimate of drug-likeness (QED) is 0.817. The molecule has 1 saturated heterocycles. The monoisotopic (exact) mass is 368 g/mol. The van der Waals surface area contributed by atoms with Crippen LogP contribution in [0.2, 0.25) is 0 Å². The van der Waals surface area contributed by atoms with Crippen molar-refractivity contribution in [1.29, 1.82) is 0 Å². The van der Waals surface area contributed by atoms with E-state index >= 15 is 0 Å². The number of pyridine rings is 1. The Kier molecular flexibility index (Phi) is 4.01. The molecule has 2 atom stereocenters. The summed E-state index contributed by atoms with van der Waals surface area (Å²) in [6, 6.07) is 3.09. The third kappa shape index (κ3) is 2.86. The van der Waals surface area contributed by atoms with E-state index < -0.39 is 73.0 Å². The molecule has 1 spiro atoms. The minimum Gasteiger partial charge on any atom is -0.384 e. The highest BCUT2D eigenvalue weighted by molar-refractivity contribution is 5.93. The maximum absolute atomic E-state index is 14.0. The number of halogens is 6. The second-order valence-electron chi connectivity index (χ2n) is 6.44. The Bertz CT molecular complexity index is 698. The summed E-state index contributed by atoms with van der Waals surface area (Å²) in [5, 5.41) is 9.93. The first-order valence-electron chi connectivity index (χ1n) is 7.49. The molecule has 2 aliphatic rings. The van der Waals surface area contributed by atoms with Gasteiger partial charge in [0.05, 0.1) is 12.1 Å². The first kappa shape index (κ1) is 18.0. The third-order valence-corrected chi connectivity index (χ3v) is 4.76. The summed E-state index contributed by atoms with van der Waals surface area (Å²) in [6.07, 6.45) is -7.83. The lowest BCUT2D eigenvalue weighted by Crippen LogP contribution is -2.53. The normalized spacial score (nSPS) is 30.4. The Morgan fingerprint density at radius 2 is 1.92 bits per heavy atom. The second kappa shape index (κ2) is 5.58. The van der Waals surface area contributed by atoms with Gasteiger partial charge in [-0.1, -0.05) is 6.07 Å². The van der Waals surface area contributed by atoms with Crippen LogP contribution in [-0.4, -0.2) is 50.9 Å². The minimum absolute atomic E-state index is 0.468. The molecule has 0 aromatic carbocycles. The lowest BCUT2D eigenvalue weighted by atomic mass is 9.89. The number of aliphatic hydroxyl groups is 1. The Hall–Kier alpha value is -1.84. The number of carbonyl (C=O) groups is 1. The number of nitrogens with zero attached hydrogens (tertiary/aromatic N) is 2. The summed E-state index contributed by atoms with van der Waals surface area (Å²) in [6.45, 7) is -1.27. The van der Waals surface area contributed by atoms with Crippen LogP contribution in [0.4, 0.5) is 26.3 Å². The fraction of sp³-hybridized carbons (Fsp3) is 0.600. The zero-order valence-electron chi connectivity index (χ0n) is 12.7. The number of rotatable bonds is 2. The van der Waals surface area contributed by atoms with Gasteiger partial charge in [0.25, 0.3) is 24.2 Å². The van der Waals surface area contributed by atoms with E-state index in [2.05, 4.69) is 4.98 Å². The van der Waals surface area contributed by atoms with Gasteiger partial charge in [0.15, 0.2) is 0 Å². The molecular weight excluding hydrogens is 354 g/mol. The van der Waals surface area contributed by atoms with Crippen molar-refractivity contribution in [3.8, 4) is 0 Å². The molecule has 1 aliphatic carbocycles. The van der Waals surface area contributed by atoms with Crippen LogP contribution in [0.5, 0.6) is 0 Å². The maximum atomic E-state index is 14.0. The molecule has 25 heavy (non-hydrogen) atoms. The predicted molar refractivity (Wildman–Crippen MR) is 72.7 cm³/mol. The Balaban J connectivity index is 1.99. The zero-order chi connectivity index (χ0) is 18.6. The Labute approximate surface area is 138 Å². The van der Waals surface area contributed by atoms with Crippen LogP contribution in [0.15, 0.2) is 18.2 Å². The summed E-state index contributed by atoms with van der Waals surface area (Å²) < 4.78 is 80.8. The SMILES string of the molecule is O=C(c1cccc(C(F)F)n1)N1CC(F)(F)[C@H](O)[C@]12CCC(F)(F)C2. The molecular formula is C15H14F6N2O2. The van der Waals surface area contributed by atoms with Crippen LogP contribution in [0.3, 0.4) is 0 Å². The van der Waals surface area contributed by atoms with Gasteiger partial charge in [-0.05, 0) is 18.6 Å². The molecule has 0 unspecified atom stereocenters. The van der Waals surface area contributed by atoms with E-state index in [4.69, 9.17) is 0 Å². The molecule has 1 aromatic rings. The van der Waals surface area contributed by atoms with Gasteiger partial charge in [-0.2, -0.15) is 0 Å². The number of carbonyl (C=O) groups excluding carboxylic acids is 1. The lowest BCUT2D eigenvalue weighted by Gasteiger charge is -2.36. The predicted octanol–water partition coefficient (Wildman–Crippen LogP) is 3.03. The van der Waals surface area contributed by atoms with Gasteiger partial charge in [-0.3, -0.25) is 4.79 Å². The molecule has 0 bridgehead atoms. The highest BCUT2D eigenvalue weighted by atomic mass is 19.3. The minimum atomic E-state index is -3.78. The van der Waals surface area contributed by atoms with Crippen molar-refractivity contribution in [2.24, 2.45) is 0 Å². The van der Waals surface area contributed by atoms with Crippen LogP contribution >= 0.6 is 0 Å². The van der Waals surface area contributed by atoms with Gasteiger partial charge < -0.3 is 10.0 Å². The summed E-state index contributed by atoms with van der Waals surface area (Å²) >= 11 is 0. The maximum Gasteiger partial charge on any atom is 0.292 e. The number of alkyl halides is 6. The molecule has 1 amide bonds. The fourth-order valence-corrected chi connectivity index (χ4v) is 3.59. The molecule has 1 saturated carbocycles. The van der Waals surface area contributed by atoms with E-state index in [9.17, 15) is 36.2 Å². The summed E-state index contributed by atoms with van der Waals surface area (Å²) in [4.78, 5) is 16.5. The number of amides is 1. The summed E-state index contributed by atoms with van der Waals surface area (Å²) in [7, 11) is 0. The number of hydrogen-bond donors (Lipinski definition) is 1. The van der Waals surface area contributed by atoms with Gasteiger partial charge in [0, 0.05) is 12.8 Å². The van der Waals surface area contributed by atoms with Crippen molar-refractivity contribution in [2.45, 2.75) is 49.2 Å². The first-order chi connectivity index (χ1) is 11.5. The molecule has 2 fully saturated rings. The number of aliphatic hydroxyl groups excluding tert-OH is 1. The van der Waals surface area contributed by atoms with E-state index in [0.29, 0.717) is 4.90 Å². The van der Waals surface area contributed by atoms with Crippen LogP contribution < -0.4 is 0 Å². The van der Waals surface area contributed by atoms with Crippen molar-refractivity contribution in [2.75, 3.05) is 6.54 Å². The molecule has 1 aliphatic heterocycles. The third-order valence-electron chi connectivity index (χ3n) is 4.76. The van der Waals surface area contributed by atoms with Crippen molar-refractivity contribution < 1.29 is 36.2 Å². The molecule has 4 nitrogen and oxygen atoms in total. The van der Waals surface area contributed by atoms with E-state index in [-0.39, 0.29) is 0 Å². The smallest absolute Gasteiger partial charge is 0.292 e. The highest BCUT2D eigenvalue weighted by Gasteiger charge is 2.69. The lowest BCUT2D eigenvalue weighted by molar-refractivity contribution is -0.102. The largest absolute Gasteiger partial charge is 0.384 e. The van der Waals surface area contributed by atoms with Crippen molar-refractivity contribution in [1.82, 2.24) is 9.88 Å². The summed E-state index contributed by atoms with van der Waals surface area (Å²) in [5.41, 5.74) is -3.44. The molecule has 1 N–H and O–H groups in total. The van der Waals surface area contributed by atoms with Crippen molar-refractivity contribution >= 4 is 5.91 Å². The number of aromatic nitrogens is 1. The van der Waals surface area contributed by atoms with Gasteiger partial charge in [-0.15, -0.1) is 0 Å². The van der Waals surface area contributed by atoms with Crippen LogP contribution in [0.25, 0.3) is 0 Å². The van der Waals surface area contributed by atoms with E-state index in [0.717, 1.165) is 18.2 Å². The average molecular weight is 368 g/mol. The first-order valence-corrected chi connectivity index (χ1v) is 7.49. The highest BCUT2D eigenvalue weighted by Crippen LogP contribution is 2.54. The number of hydrogen-bond acceptors (Lipinski definition) is 3. The van der Waals surface area contributed by atoms with Gasteiger partial charge in [0.1, 0.15) is 17.5 Å². The molecule has 3 rings (SSSR count). The van der Waals surface area contributed by atoms with E-state index in [1.807, 2.05) is 0 Å².